The summed E-state index contributed by atoms with van der Waals surface area (Å²) in [5, 5.41) is 4.62. The second-order valence-corrected chi connectivity index (χ2v) is 2.64. The molecule has 0 radical (unpaired) electrons. The van der Waals surface area contributed by atoms with Gasteiger partial charge in [-0.15, -0.1) is 0 Å². The molecular formula is C9H7FN2O2. The summed E-state index contributed by atoms with van der Waals surface area (Å²) in [5.41, 5.74) is 0.0912. The number of rotatable bonds is 1. The first-order chi connectivity index (χ1) is 6.79. The lowest BCUT2D eigenvalue weighted by molar-refractivity contribution is 0.166. The average Bonchev–Trinajstić information content (AvgIpc) is 2.20. The number of hydrazone groups is 1. The van der Waals surface area contributed by atoms with Crippen LogP contribution in [0.2, 0.25) is 0 Å². The zero-order valence-corrected chi connectivity index (χ0v) is 7.18. The third-order valence-corrected chi connectivity index (χ3v) is 1.73. The number of carbonyl (C=O) groups is 1. The van der Waals surface area contributed by atoms with E-state index in [9.17, 15) is 9.18 Å². The number of benzene rings is 1. The van der Waals surface area contributed by atoms with E-state index < -0.39 is 11.9 Å². The van der Waals surface area contributed by atoms with Crippen LogP contribution in [-0.4, -0.2) is 18.9 Å². The predicted octanol–water partition coefficient (Wildman–Crippen LogP) is 1.77. The summed E-state index contributed by atoms with van der Waals surface area (Å²) in [4.78, 5) is 11.2. The molecule has 1 aromatic rings. The number of hydrogen-bond acceptors (Lipinski definition) is 3. The van der Waals surface area contributed by atoms with Gasteiger partial charge >= 0.3 is 6.09 Å². The number of amides is 1. The highest BCUT2D eigenvalue weighted by atomic mass is 19.1. The van der Waals surface area contributed by atoms with E-state index in [4.69, 9.17) is 0 Å². The van der Waals surface area contributed by atoms with Gasteiger partial charge in [-0.3, -0.25) is 0 Å². The summed E-state index contributed by atoms with van der Waals surface area (Å²) in [7, 11) is 0. The number of carbonyl (C=O) groups excluding carboxylic acids is 1. The van der Waals surface area contributed by atoms with Crippen LogP contribution in [0.25, 0.3) is 0 Å². The monoisotopic (exact) mass is 194 g/mol. The Morgan fingerprint density at radius 2 is 2.21 bits per heavy atom. The van der Waals surface area contributed by atoms with Crippen LogP contribution in [0.3, 0.4) is 0 Å². The van der Waals surface area contributed by atoms with Crippen LogP contribution in [-0.2, 0) is 4.74 Å². The van der Waals surface area contributed by atoms with Crippen molar-refractivity contribution in [1.29, 1.82) is 0 Å². The number of cyclic esters (lactones) is 1. The van der Waals surface area contributed by atoms with Crippen molar-refractivity contribution in [3.63, 3.8) is 0 Å². The molecule has 1 heterocycles. The molecule has 0 saturated heterocycles. The molecular weight excluding hydrogens is 187 g/mol. The Balaban J connectivity index is 2.39. The first kappa shape index (κ1) is 8.68. The molecule has 1 aromatic carbocycles. The standard InChI is InChI=1S/C9H7FN2O2/c10-7-3-1-2-4-8(7)12-9(13)14-6-5-11-12/h1-5H,6H2. The van der Waals surface area contributed by atoms with Gasteiger partial charge in [0.15, 0.2) is 0 Å². The number of halogens is 1. The van der Waals surface area contributed by atoms with Gasteiger partial charge in [0.25, 0.3) is 0 Å². The molecule has 72 valence electrons. The van der Waals surface area contributed by atoms with Crippen molar-refractivity contribution >= 4 is 18.0 Å². The topological polar surface area (TPSA) is 41.9 Å². The van der Waals surface area contributed by atoms with E-state index in [1.54, 1.807) is 6.07 Å². The Hall–Kier alpha value is -1.91. The normalized spacial score (nSPS) is 15.5. The van der Waals surface area contributed by atoms with Gasteiger partial charge in [0.05, 0.1) is 6.21 Å². The number of hydrogen-bond donors (Lipinski definition) is 0. The van der Waals surface area contributed by atoms with Crippen molar-refractivity contribution in [3.05, 3.63) is 30.1 Å². The predicted molar refractivity (Wildman–Crippen MR) is 48.7 cm³/mol. The molecule has 0 bridgehead atoms. The van der Waals surface area contributed by atoms with Crippen molar-refractivity contribution in [1.82, 2.24) is 0 Å². The zero-order chi connectivity index (χ0) is 9.97. The van der Waals surface area contributed by atoms with Crippen molar-refractivity contribution in [2.45, 2.75) is 0 Å². The highest BCUT2D eigenvalue weighted by molar-refractivity contribution is 5.91. The molecule has 2 rings (SSSR count). The fraction of sp³-hybridized carbons (Fsp3) is 0.111. The molecule has 0 fully saturated rings. The molecule has 0 aliphatic carbocycles. The van der Waals surface area contributed by atoms with E-state index in [0.717, 1.165) is 5.01 Å². The highest BCUT2D eigenvalue weighted by Crippen LogP contribution is 2.20. The minimum atomic E-state index is -0.669. The lowest BCUT2D eigenvalue weighted by atomic mass is 10.3. The zero-order valence-electron chi connectivity index (χ0n) is 7.18. The minimum absolute atomic E-state index is 0.0912. The second kappa shape index (κ2) is 3.45. The molecule has 1 aliphatic rings. The quantitative estimate of drug-likeness (QED) is 0.683. The van der Waals surface area contributed by atoms with Gasteiger partial charge in [-0.25, -0.2) is 9.18 Å². The summed E-state index contributed by atoms with van der Waals surface area (Å²) < 4.78 is 17.9. The van der Waals surface area contributed by atoms with E-state index in [2.05, 4.69) is 9.84 Å². The number of anilines is 1. The summed E-state index contributed by atoms with van der Waals surface area (Å²) in [5.74, 6) is -0.511. The Morgan fingerprint density at radius 3 is 2.93 bits per heavy atom. The van der Waals surface area contributed by atoms with E-state index in [0.29, 0.717) is 0 Å². The Labute approximate surface area is 79.6 Å². The van der Waals surface area contributed by atoms with E-state index in [-0.39, 0.29) is 12.3 Å². The van der Waals surface area contributed by atoms with Gasteiger partial charge in [-0.1, -0.05) is 12.1 Å². The molecule has 5 heteroatoms. The molecule has 0 unspecified atom stereocenters. The van der Waals surface area contributed by atoms with Gasteiger partial charge in [0.1, 0.15) is 18.1 Å². The van der Waals surface area contributed by atoms with Gasteiger partial charge in [0, 0.05) is 0 Å². The number of ether oxygens (including phenoxy) is 1. The molecule has 0 saturated carbocycles. The SMILES string of the molecule is O=C1OCC=NN1c1ccccc1F. The average molecular weight is 194 g/mol. The van der Waals surface area contributed by atoms with Gasteiger partial charge in [-0.05, 0) is 12.1 Å². The van der Waals surface area contributed by atoms with Crippen molar-refractivity contribution < 1.29 is 13.9 Å². The van der Waals surface area contributed by atoms with Gasteiger partial charge < -0.3 is 4.74 Å². The van der Waals surface area contributed by atoms with Crippen LogP contribution < -0.4 is 5.01 Å². The van der Waals surface area contributed by atoms with E-state index in [1.165, 1.54) is 24.4 Å². The van der Waals surface area contributed by atoms with Crippen LogP contribution in [0.1, 0.15) is 0 Å². The van der Waals surface area contributed by atoms with E-state index >= 15 is 0 Å². The lowest BCUT2D eigenvalue weighted by Gasteiger charge is -2.19. The van der Waals surface area contributed by atoms with E-state index in [1.807, 2.05) is 0 Å². The van der Waals surface area contributed by atoms with Crippen molar-refractivity contribution in [2.75, 3.05) is 11.6 Å². The number of nitrogens with zero attached hydrogens (tertiary/aromatic N) is 2. The lowest BCUT2D eigenvalue weighted by Crippen LogP contribution is -2.31. The van der Waals surface area contributed by atoms with Gasteiger partial charge in [-0.2, -0.15) is 10.1 Å². The molecule has 1 aliphatic heterocycles. The summed E-state index contributed by atoms with van der Waals surface area (Å²) >= 11 is 0. The van der Waals surface area contributed by atoms with Crippen LogP contribution in [0.15, 0.2) is 29.4 Å². The Bertz CT molecular complexity index is 392. The van der Waals surface area contributed by atoms with Crippen molar-refractivity contribution in [3.8, 4) is 0 Å². The summed E-state index contributed by atoms with van der Waals surface area (Å²) in [6.45, 7) is 0.129. The summed E-state index contributed by atoms with van der Waals surface area (Å²) in [6, 6.07) is 5.87. The van der Waals surface area contributed by atoms with Crippen LogP contribution in [0.4, 0.5) is 14.9 Å². The molecule has 0 atom stereocenters. The fourth-order valence-electron chi connectivity index (χ4n) is 1.12. The first-order valence-corrected chi connectivity index (χ1v) is 4.03. The number of para-hydroxylation sites is 1. The molecule has 0 aromatic heterocycles. The molecule has 1 amide bonds. The third-order valence-electron chi connectivity index (χ3n) is 1.73. The fourth-order valence-corrected chi connectivity index (χ4v) is 1.12. The third kappa shape index (κ3) is 1.44. The highest BCUT2D eigenvalue weighted by Gasteiger charge is 2.21. The van der Waals surface area contributed by atoms with Crippen LogP contribution in [0, 0.1) is 5.82 Å². The van der Waals surface area contributed by atoms with Crippen LogP contribution in [0.5, 0.6) is 0 Å². The maximum Gasteiger partial charge on any atom is 0.435 e. The Kier molecular flexibility index (Phi) is 2.14. The summed E-state index contributed by atoms with van der Waals surface area (Å²) in [6.07, 6.45) is 0.728. The maximum absolute atomic E-state index is 13.2. The largest absolute Gasteiger partial charge is 0.442 e. The van der Waals surface area contributed by atoms with Crippen molar-refractivity contribution in [2.24, 2.45) is 5.10 Å². The minimum Gasteiger partial charge on any atom is -0.442 e. The molecule has 4 nitrogen and oxygen atoms in total. The smallest absolute Gasteiger partial charge is 0.435 e. The molecule has 0 spiro atoms. The van der Waals surface area contributed by atoms with Gasteiger partial charge in [0.2, 0.25) is 0 Å². The second-order valence-electron chi connectivity index (χ2n) is 2.64. The molecule has 0 N–H and O–H groups in total. The Morgan fingerprint density at radius 1 is 1.43 bits per heavy atom. The maximum atomic E-state index is 13.2. The first-order valence-electron chi connectivity index (χ1n) is 4.03. The van der Waals surface area contributed by atoms with Crippen LogP contribution >= 0.6 is 0 Å². The molecule has 14 heavy (non-hydrogen) atoms.